The molecule has 2 heterocycles. The minimum absolute atomic E-state index is 0.0561. The van der Waals surface area contributed by atoms with Gasteiger partial charge in [-0.3, -0.25) is 43.3 Å². The lowest BCUT2D eigenvalue weighted by atomic mass is 9.96. The summed E-state index contributed by atoms with van der Waals surface area (Å²) in [6, 6.07) is -4.60. The number of hydrogen-bond donors (Lipinski definition) is 13. The minimum atomic E-state index is -1.51. The number of carbonyl (C=O) groups is 9. The van der Waals surface area contributed by atoms with E-state index >= 15 is 0 Å². The predicted octanol–water partition coefficient (Wildman–Crippen LogP) is -1.51. The zero-order chi connectivity index (χ0) is 53.8. The molecule has 1 aromatic carbocycles. The number of aliphatic imine (C=N–C) groups is 1. The van der Waals surface area contributed by atoms with E-state index in [2.05, 4.69) is 46.9 Å². The third kappa shape index (κ3) is 18.1. The van der Waals surface area contributed by atoms with Gasteiger partial charge >= 0.3 is 11.9 Å². The number of aliphatic carboxylic acids is 2. The number of aromatic hydroxyl groups is 1. The van der Waals surface area contributed by atoms with Crippen molar-refractivity contribution >= 4 is 59.2 Å². The summed E-state index contributed by atoms with van der Waals surface area (Å²) in [6.07, 6.45) is 3.47. The average molecular weight is 1010 g/mol. The van der Waals surface area contributed by atoms with Gasteiger partial charge in [-0.15, -0.1) is 0 Å². The number of imidazole rings is 1. The molecule has 0 spiro atoms. The Labute approximate surface area is 418 Å². The van der Waals surface area contributed by atoms with E-state index in [1.807, 2.05) is 0 Å². The first-order valence-corrected chi connectivity index (χ1v) is 24.1. The Balaban J connectivity index is 1.94. The molecule has 2 aromatic rings. The van der Waals surface area contributed by atoms with Crippen LogP contribution in [0.4, 0.5) is 0 Å². The van der Waals surface area contributed by atoms with E-state index in [4.69, 9.17) is 22.3 Å². The standard InChI is InChI=1S/C47H73N13O12/c1-7-25(5)37(44(69)56-33(20-28-22-51-23-53-28)45(70)60-18-10-12-34(60)42(67)59-38(46(71)72)26(6)8-2)58-41(66)32(19-27-13-15-29(61)16-14-27)55-43(68)36(24(3)4)57-40(65)31(11-9-17-52-47(49)50)54-39(64)30(48)21-35(62)63/h13-16,22-26,30-34,36-38,61H,7-12,17-21,48H2,1-6H3,(H,51,53)(H,54,64)(H,55,68)(H,56,69)(H,57,65)(H,58,66)(H,59,67)(H,62,63)(H,71,72)(H4,49,50,52)/t25-,26-,30-,31-,32+,33-,34+,36-,37-,38+/m0/s1. The number of likely N-dealkylation sites (tertiary alicyclic amines) is 1. The number of carboxylic acids is 2. The summed E-state index contributed by atoms with van der Waals surface area (Å²) in [5, 5.41) is 44.9. The maximum absolute atomic E-state index is 14.5. The van der Waals surface area contributed by atoms with Crippen molar-refractivity contribution in [1.29, 1.82) is 0 Å². The van der Waals surface area contributed by atoms with Crippen molar-refractivity contribution in [2.45, 2.75) is 148 Å². The number of carbonyl (C=O) groups excluding carboxylic acids is 7. The van der Waals surface area contributed by atoms with Crippen LogP contribution in [0.2, 0.25) is 0 Å². The molecule has 10 atom stereocenters. The van der Waals surface area contributed by atoms with Crippen molar-refractivity contribution < 1.29 is 58.5 Å². The zero-order valence-electron chi connectivity index (χ0n) is 41.7. The van der Waals surface area contributed by atoms with E-state index in [1.54, 1.807) is 41.5 Å². The molecule has 25 nitrogen and oxygen atoms in total. The summed E-state index contributed by atoms with van der Waals surface area (Å²) in [5.74, 6) is -9.91. The largest absolute Gasteiger partial charge is 0.508 e. The fourth-order valence-corrected chi connectivity index (χ4v) is 7.93. The molecule has 7 amide bonds. The van der Waals surface area contributed by atoms with E-state index in [-0.39, 0.29) is 56.9 Å². The van der Waals surface area contributed by atoms with Gasteiger partial charge in [0.05, 0.1) is 18.8 Å². The van der Waals surface area contributed by atoms with Gasteiger partial charge in [0.15, 0.2) is 5.96 Å². The Hall–Kier alpha value is -7.31. The van der Waals surface area contributed by atoms with Crippen LogP contribution in [0.5, 0.6) is 5.75 Å². The molecule has 3 rings (SSSR count). The van der Waals surface area contributed by atoms with E-state index in [0.717, 1.165) is 0 Å². The summed E-state index contributed by atoms with van der Waals surface area (Å²) in [4.78, 5) is 133. The fraction of sp³-hybridized carbons (Fsp3) is 0.596. The molecule has 0 unspecified atom stereocenters. The molecule has 25 heteroatoms. The normalized spacial score (nSPS) is 17.1. The van der Waals surface area contributed by atoms with Crippen molar-refractivity contribution in [3.63, 3.8) is 0 Å². The number of phenolic OH excluding ortho intramolecular Hbond substituents is 1. The smallest absolute Gasteiger partial charge is 0.326 e. The van der Waals surface area contributed by atoms with E-state index in [0.29, 0.717) is 30.5 Å². The monoisotopic (exact) mass is 1010 g/mol. The van der Waals surface area contributed by atoms with Crippen LogP contribution in [0.1, 0.15) is 97.7 Å². The number of guanidine groups is 1. The Morgan fingerprint density at radius 2 is 1.35 bits per heavy atom. The molecule has 1 saturated heterocycles. The SMILES string of the molecule is CC[C@H](C)[C@H](NC(=O)[C@@H](Cc1ccc(O)cc1)NC(=O)[C@@H](NC(=O)[C@H](CCCN=C(N)N)NC(=O)[C@@H](N)CC(=O)O)C(C)C)C(=O)N[C@@H](Cc1cnc[nH]1)C(=O)N1CCC[C@@H]1C(=O)N[C@@H](C(=O)O)[C@@H](C)CC. The Bertz CT molecular complexity index is 2200. The third-order valence-corrected chi connectivity index (χ3v) is 12.6. The number of benzene rings is 1. The summed E-state index contributed by atoms with van der Waals surface area (Å²) < 4.78 is 0. The predicted molar refractivity (Wildman–Crippen MR) is 262 cm³/mol. The highest BCUT2D eigenvalue weighted by Gasteiger charge is 2.41. The van der Waals surface area contributed by atoms with Gasteiger partial charge in [0.2, 0.25) is 41.4 Å². The summed E-state index contributed by atoms with van der Waals surface area (Å²) in [6.45, 7) is 10.4. The lowest BCUT2D eigenvalue weighted by Gasteiger charge is -2.32. The molecule has 16 N–H and O–H groups in total. The summed E-state index contributed by atoms with van der Waals surface area (Å²) in [7, 11) is 0. The molecular formula is C47H73N13O12. The van der Waals surface area contributed by atoms with Crippen LogP contribution in [0.15, 0.2) is 41.8 Å². The van der Waals surface area contributed by atoms with Crippen LogP contribution in [-0.2, 0) is 56.0 Å². The van der Waals surface area contributed by atoms with Crippen molar-refractivity contribution in [2.75, 3.05) is 13.1 Å². The maximum Gasteiger partial charge on any atom is 0.326 e. The highest BCUT2D eigenvalue weighted by Crippen LogP contribution is 2.22. The molecule has 1 aliphatic heterocycles. The topological polar surface area (TPSA) is 409 Å². The highest BCUT2D eigenvalue weighted by atomic mass is 16.4. The van der Waals surface area contributed by atoms with Crippen molar-refractivity contribution in [3.8, 4) is 5.75 Å². The number of nitrogens with zero attached hydrogens (tertiary/aromatic N) is 3. The number of carboxylic acid groups (broad SMARTS) is 2. The number of rotatable bonds is 29. The number of H-pyrrole nitrogens is 1. The lowest BCUT2D eigenvalue weighted by Crippen LogP contribution is -2.62. The lowest BCUT2D eigenvalue weighted by molar-refractivity contribution is -0.146. The van der Waals surface area contributed by atoms with E-state index in [1.165, 1.54) is 41.7 Å². The maximum atomic E-state index is 14.5. The molecule has 1 aliphatic rings. The van der Waals surface area contributed by atoms with Gasteiger partial charge in [0.25, 0.3) is 0 Å². The quantitative estimate of drug-likeness (QED) is 0.0250. The van der Waals surface area contributed by atoms with Gasteiger partial charge in [0.1, 0.15) is 48.0 Å². The van der Waals surface area contributed by atoms with Crippen molar-refractivity contribution in [1.82, 2.24) is 46.8 Å². The number of nitrogens with one attached hydrogen (secondary N) is 7. The second-order valence-electron chi connectivity index (χ2n) is 18.5. The number of nitrogens with two attached hydrogens (primary N) is 3. The summed E-state index contributed by atoms with van der Waals surface area (Å²) in [5.41, 5.74) is 17.6. The molecule has 0 saturated carbocycles. The highest BCUT2D eigenvalue weighted by molar-refractivity contribution is 5.98. The van der Waals surface area contributed by atoms with E-state index < -0.39 is 126 Å². The number of phenols is 1. The van der Waals surface area contributed by atoms with Crippen molar-refractivity contribution in [3.05, 3.63) is 48.0 Å². The Morgan fingerprint density at radius 3 is 1.92 bits per heavy atom. The average Bonchev–Trinajstić information content (AvgIpc) is 4.04. The molecular weight excluding hydrogens is 939 g/mol. The Kier molecular flexibility index (Phi) is 23.4. The zero-order valence-corrected chi connectivity index (χ0v) is 41.7. The van der Waals surface area contributed by atoms with Gasteiger partial charge < -0.3 is 74.3 Å². The number of aromatic nitrogens is 2. The van der Waals surface area contributed by atoms with Crippen LogP contribution in [0, 0.1) is 17.8 Å². The van der Waals surface area contributed by atoms with Crippen LogP contribution in [0.3, 0.4) is 0 Å². The molecule has 0 aliphatic carbocycles. The molecule has 398 valence electrons. The Morgan fingerprint density at radius 1 is 0.764 bits per heavy atom. The van der Waals surface area contributed by atoms with Gasteiger partial charge in [-0.05, 0) is 61.1 Å². The first-order valence-electron chi connectivity index (χ1n) is 24.1. The van der Waals surface area contributed by atoms with Crippen molar-refractivity contribution in [2.24, 2.45) is 39.9 Å². The van der Waals surface area contributed by atoms with Crippen LogP contribution in [-0.4, -0.2) is 151 Å². The minimum Gasteiger partial charge on any atom is -0.508 e. The number of amides is 7. The molecule has 1 aromatic heterocycles. The number of hydrogen-bond acceptors (Lipinski definition) is 13. The molecule has 1 fully saturated rings. The summed E-state index contributed by atoms with van der Waals surface area (Å²) >= 11 is 0. The third-order valence-electron chi connectivity index (χ3n) is 12.6. The molecule has 0 radical (unpaired) electrons. The second kappa shape index (κ2) is 28.5. The molecule has 72 heavy (non-hydrogen) atoms. The number of aromatic amines is 1. The van der Waals surface area contributed by atoms with Crippen LogP contribution in [0.25, 0.3) is 0 Å². The van der Waals surface area contributed by atoms with Gasteiger partial charge in [0, 0.05) is 37.8 Å². The van der Waals surface area contributed by atoms with Gasteiger partial charge in [-0.1, -0.05) is 66.5 Å². The van der Waals surface area contributed by atoms with Gasteiger partial charge in [-0.2, -0.15) is 0 Å². The fourth-order valence-electron chi connectivity index (χ4n) is 7.93. The van der Waals surface area contributed by atoms with Gasteiger partial charge in [-0.25, -0.2) is 9.78 Å². The first-order chi connectivity index (χ1) is 34.0. The van der Waals surface area contributed by atoms with Crippen LogP contribution < -0.4 is 49.1 Å². The molecule has 0 bridgehead atoms. The van der Waals surface area contributed by atoms with E-state index in [9.17, 15) is 53.4 Å². The van der Waals surface area contributed by atoms with Crippen LogP contribution >= 0.6 is 0 Å². The second-order valence-corrected chi connectivity index (χ2v) is 18.5. The first kappa shape index (κ1) is 59.0.